The lowest BCUT2D eigenvalue weighted by molar-refractivity contribution is -0.142. The van der Waals surface area contributed by atoms with Gasteiger partial charge in [0.15, 0.2) is 0 Å². The van der Waals surface area contributed by atoms with E-state index in [9.17, 15) is 14.0 Å². The van der Waals surface area contributed by atoms with Crippen LogP contribution < -0.4 is 5.32 Å². The Labute approximate surface area is 165 Å². The van der Waals surface area contributed by atoms with Crippen LogP contribution in [0.3, 0.4) is 0 Å². The number of halogens is 2. The maximum atomic E-state index is 13.9. The van der Waals surface area contributed by atoms with Gasteiger partial charge in [-0.2, -0.15) is 0 Å². The monoisotopic (exact) mass is 394 g/mol. The number of carbonyl (C=O) groups excluding carboxylic acids is 2. The molecule has 4 nitrogen and oxygen atoms in total. The molecule has 2 rings (SSSR count). The van der Waals surface area contributed by atoms with E-state index in [0.29, 0.717) is 23.9 Å². The molecule has 2 amide bonds. The van der Waals surface area contributed by atoms with Crippen molar-refractivity contribution >= 4 is 29.5 Å². The Morgan fingerprint density at radius 2 is 1.96 bits per heavy atom. The summed E-state index contributed by atoms with van der Waals surface area (Å²) in [6.07, 6.45) is 4.17. The maximum absolute atomic E-state index is 13.9. The molecule has 1 fully saturated rings. The second-order valence-electron chi connectivity index (χ2n) is 7.97. The zero-order valence-electron chi connectivity index (χ0n) is 16.3. The normalized spacial score (nSPS) is 20.6. The zero-order valence-corrected chi connectivity index (χ0v) is 17.1. The third-order valence-corrected chi connectivity index (χ3v) is 4.78. The largest absolute Gasteiger partial charge is 0.350 e. The summed E-state index contributed by atoms with van der Waals surface area (Å²) in [6, 6.07) is 3.74. The Kier molecular flexibility index (Phi) is 7.42. The van der Waals surface area contributed by atoms with E-state index in [2.05, 4.69) is 19.2 Å². The summed E-state index contributed by atoms with van der Waals surface area (Å²) in [5, 5.41) is 3.35. The van der Waals surface area contributed by atoms with Crippen molar-refractivity contribution in [1.82, 2.24) is 10.2 Å². The van der Waals surface area contributed by atoms with Crippen LogP contribution in [0.2, 0.25) is 5.02 Å². The smallest absolute Gasteiger partial charge is 0.247 e. The van der Waals surface area contributed by atoms with E-state index in [4.69, 9.17) is 11.6 Å². The maximum Gasteiger partial charge on any atom is 0.247 e. The third-order valence-electron chi connectivity index (χ3n) is 4.54. The highest BCUT2D eigenvalue weighted by molar-refractivity contribution is 6.30. The molecule has 1 aromatic rings. The summed E-state index contributed by atoms with van der Waals surface area (Å²) in [5.41, 5.74) is 0.286. The quantitative estimate of drug-likeness (QED) is 0.732. The first-order valence-corrected chi connectivity index (χ1v) is 9.79. The average Bonchev–Trinajstić information content (AvgIpc) is 2.55. The molecule has 1 saturated heterocycles. The van der Waals surface area contributed by atoms with Crippen LogP contribution in [0.25, 0.3) is 6.08 Å². The first-order chi connectivity index (χ1) is 12.7. The van der Waals surface area contributed by atoms with Crippen LogP contribution in [0.1, 0.15) is 46.1 Å². The van der Waals surface area contributed by atoms with Gasteiger partial charge in [0.25, 0.3) is 0 Å². The minimum Gasteiger partial charge on any atom is -0.350 e. The van der Waals surface area contributed by atoms with Gasteiger partial charge in [-0.25, -0.2) is 4.39 Å². The minimum atomic E-state index is -0.499. The number of hydrogen-bond donors (Lipinski definition) is 1. The van der Waals surface area contributed by atoms with Gasteiger partial charge >= 0.3 is 0 Å². The molecule has 1 aliphatic rings. The molecule has 1 N–H and O–H groups in total. The van der Waals surface area contributed by atoms with Gasteiger partial charge in [-0.1, -0.05) is 45.4 Å². The summed E-state index contributed by atoms with van der Waals surface area (Å²) in [7, 11) is 0. The highest BCUT2D eigenvalue weighted by Gasteiger charge is 2.36. The highest BCUT2D eigenvalue weighted by atomic mass is 35.5. The standard InChI is InChI=1S/C21H28ClFN2O2/c1-13(2)9-17-12-25(19(10-14(3)4)21(27)24-17)20(26)8-6-15-5-7-16(22)11-18(15)23/h5-8,11,13-14,17,19H,9-10,12H2,1-4H3,(H,24,27)/b8-6+/t17-,19-/m0/s1. The molecule has 27 heavy (non-hydrogen) atoms. The first-order valence-electron chi connectivity index (χ1n) is 9.41. The van der Waals surface area contributed by atoms with E-state index in [1.807, 2.05) is 13.8 Å². The van der Waals surface area contributed by atoms with Crippen LogP contribution in [0.4, 0.5) is 4.39 Å². The summed E-state index contributed by atoms with van der Waals surface area (Å²) in [6.45, 7) is 8.68. The van der Waals surface area contributed by atoms with Crippen LogP contribution in [-0.2, 0) is 9.59 Å². The van der Waals surface area contributed by atoms with E-state index in [1.54, 1.807) is 11.0 Å². The fourth-order valence-corrected chi connectivity index (χ4v) is 3.53. The fraction of sp³-hybridized carbons (Fsp3) is 0.524. The molecule has 1 heterocycles. The first kappa shape index (κ1) is 21.4. The Bertz CT molecular complexity index is 718. The Hall–Kier alpha value is -1.88. The molecule has 1 aromatic carbocycles. The summed E-state index contributed by atoms with van der Waals surface area (Å²) in [4.78, 5) is 27.0. The number of benzene rings is 1. The highest BCUT2D eigenvalue weighted by Crippen LogP contribution is 2.21. The van der Waals surface area contributed by atoms with Gasteiger partial charge in [-0.15, -0.1) is 0 Å². The number of carbonyl (C=O) groups is 2. The lowest BCUT2D eigenvalue weighted by Crippen LogP contribution is -2.61. The molecule has 0 saturated carbocycles. The predicted octanol–water partition coefficient (Wildman–Crippen LogP) is 4.28. The van der Waals surface area contributed by atoms with Crippen molar-refractivity contribution in [3.05, 3.63) is 40.7 Å². The Balaban J connectivity index is 2.20. The van der Waals surface area contributed by atoms with E-state index in [1.165, 1.54) is 24.3 Å². The van der Waals surface area contributed by atoms with Gasteiger partial charge in [0.05, 0.1) is 0 Å². The van der Waals surface area contributed by atoms with E-state index in [0.717, 1.165) is 6.42 Å². The second kappa shape index (κ2) is 9.36. The topological polar surface area (TPSA) is 49.4 Å². The van der Waals surface area contributed by atoms with E-state index >= 15 is 0 Å². The number of amides is 2. The Morgan fingerprint density at radius 1 is 1.30 bits per heavy atom. The number of nitrogens with one attached hydrogen (secondary N) is 1. The van der Waals surface area contributed by atoms with Crippen LogP contribution in [0, 0.1) is 17.7 Å². The van der Waals surface area contributed by atoms with Gasteiger partial charge < -0.3 is 10.2 Å². The molecule has 0 bridgehead atoms. The van der Waals surface area contributed by atoms with Crippen molar-refractivity contribution < 1.29 is 14.0 Å². The average molecular weight is 395 g/mol. The van der Waals surface area contributed by atoms with Crippen LogP contribution in [0.5, 0.6) is 0 Å². The van der Waals surface area contributed by atoms with Gasteiger partial charge in [0.2, 0.25) is 11.8 Å². The minimum absolute atomic E-state index is 0.0643. The van der Waals surface area contributed by atoms with Gasteiger partial charge in [0, 0.05) is 29.2 Å². The Morgan fingerprint density at radius 3 is 2.56 bits per heavy atom. The number of rotatable bonds is 6. The summed E-state index contributed by atoms with van der Waals surface area (Å²) in [5.74, 6) is -0.194. The molecular weight excluding hydrogens is 367 g/mol. The van der Waals surface area contributed by atoms with Crippen molar-refractivity contribution in [1.29, 1.82) is 0 Å². The predicted molar refractivity (Wildman–Crippen MR) is 107 cm³/mol. The number of hydrogen-bond acceptors (Lipinski definition) is 2. The van der Waals surface area contributed by atoms with E-state index < -0.39 is 11.9 Å². The fourth-order valence-electron chi connectivity index (χ4n) is 3.37. The van der Waals surface area contributed by atoms with Gasteiger partial charge in [-0.3, -0.25) is 9.59 Å². The van der Waals surface area contributed by atoms with Gasteiger partial charge in [-0.05, 0) is 42.9 Å². The molecule has 0 radical (unpaired) electrons. The van der Waals surface area contributed by atoms with Crippen LogP contribution >= 0.6 is 11.6 Å². The van der Waals surface area contributed by atoms with Crippen molar-refractivity contribution in [2.24, 2.45) is 11.8 Å². The second-order valence-corrected chi connectivity index (χ2v) is 8.41. The van der Waals surface area contributed by atoms with E-state index in [-0.39, 0.29) is 29.3 Å². The molecule has 0 spiro atoms. The lowest BCUT2D eigenvalue weighted by Gasteiger charge is -2.40. The van der Waals surface area contributed by atoms with Crippen molar-refractivity contribution in [3.63, 3.8) is 0 Å². The molecule has 2 atom stereocenters. The molecule has 1 aliphatic heterocycles. The van der Waals surface area contributed by atoms with Gasteiger partial charge in [0.1, 0.15) is 11.9 Å². The van der Waals surface area contributed by atoms with Crippen LogP contribution in [-0.4, -0.2) is 35.3 Å². The van der Waals surface area contributed by atoms with Crippen LogP contribution in [0.15, 0.2) is 24.3 Å². The molecular formula is C21H28ClFN2O2. The summed E-state index contributed by atoms with van der Waals surface area (Å²) < 4.78 is 13.9. The number of nitrogens with zero attached hydrogens (tertiary/aromatic N) is 1. The lowest BCUT2D eigenvalue weighted by atomic mass is 9.95. The third kappa shape index (κ3) is 6.06. The molecule has 0 aromatic heterocycles. The number of piperazine rings is 1. The molecule has 0 aliphatic carbocycles. The molecule has 0 unspecified atom stereocenters. The van der Waals surface area contributed by atoms with Crippen molar-refractivity contribution in [2.75, 3.05) is 6.54 Å². The summed E-state index contributed by atoms with van der Waals surface area (Å²) >= 11 is 5.76. The SMILES string of the molecule is CC(C)C[C@H]1CN(C(=O)/C=C/c2ccc(Cl)cc2F)[C@@H](CC(C)C)C(=O)N1. The molecule has 6 heteroatoms. The zero-order chi connectivity index (χ0) is 20.1. The van der Waals surface area contributed by atoms with Crippen molar-refractivity contribution in [2.45, 2.75) is 52.6 Å². The van der Waals surface area contributed by atoms with Crippen molar-refractivity contribution in [3.8, 4) is 0 Å². The molecule has 148 valence electrons.